The SMILES string of the molecule is COc1ccc(CN2CCN(S(=O)(=O)Cc3cccc(F)c3)CC2)cc1OC. The number of nitrogens with zero attached hydrogens (tertiary/aromatic N) is 2. The Bertz CT molecular complexity index is 912. The van der Waals surface area contributed by atoms with Crippen molar-refractivity contribution in [2.24, 2.45) is 0 Å². The van der Waals surface area contributed by atoms with Crippen molar-refractivity contribution in [3.63, 3.8) is 0 Å². The maximum absolute atomic E-state index is 13.3. The monoisotopic (exact) mass is 408 g/mol. The minimum atomic E-state index is -3.47. The van der Waals surface area contributed by atoms with Crippen LogP contribution >= 0.6 is 0 Å². The van der Waals surface area contributed by atoms with E-state index in [2.05, 4.69) is 4.90 Å². The Hall–Kier alpha value is -2.16. The molecule has 1 heterocycles. The number of hydrogen-bond donors (Lipinski definition) is 0. The van der Waals surface area contributed by atoms with Gasteiger partial charge >= 0.3 is 0 Å². The Labute approximate surface area is 165 Å². The summed E-state index contributed by atoms with van der Waals surface area (Å²) in [5, 5.41) is 0. The average Bonchev–Trinajstić information content (AvgIpc) is 2.68. The lowest BCUT2D eigenvalue weighted by Gasteiger charge is -2.34. The highest BCUT2D eigenvalue weighted by Gasteiger charge is 2.27. The van der Waals surface area contributed by atoms with E-state index in [1.54, 1.807) is 20.3 Å². The summed E-state index contributed by atoms with van der Waals surface area (Å²) in [5.74, 6) is 0.753. The molecule has 0 unspecified atom stereocenters. The molecule has 2 aromatic rings. The van der Waals surface area contributed by atoms with Gasteiger partial charge in [-0.2, -0.15) is 4.31 Å². The van der Waals surface area contributed by atoms with E-state index in [0.717, 1.165) is 5.56 Å². The van der Waals surface area contributed by atoms with Crippen molar-refractivity contribution in [1.29, 1.82) is 0 Å². The predicted molar refractivity (Wildman–Crippen MR) is 105 cm³/mol. The highest BCUT2D eigenvalue weighted by molar-refractivity contribution is 7.88. The fourth-order valence-corrected chi connectivity index (χ4v) is 4.83. The van der Waals surface area contributed by atoms with Crippen molar-refractivity contribution in [1.82, 2.24) is 9.21 Å². The molecule has 8 heteroatoms. The molecule has 152 valence electrons. The van der Waals surface area contributed by atoms with Gasteiger partial charge in [0.1, 0.15) is 5.82 Å². The second-order valence-electron chi connectivity index (χ2n) is 6.75. The molecule has 0 radical (unpaired) electrons. The normalized spacial score (nSPS) is 16.1. The van der Waals surface area contributed by atoms with Crippen molar-refractivity contribution >= 4 is 10.0 Å². The number of hydrogen-bond acceptors (Lipinski definition) is 5. The van der Waals surface area contributed by atoms with E-state index < -0.39 is 15.8 Å². The van der Waals surface area contributed by atoms with Crippen molar-refractivity contribution in [3.8, 4) is 11.5 Å². The van der Waals surface area contributed by atoms with Gasteiger partial charge in [0, 0.05) is 32.7 Å². The maximum atomic E-state index is 13.3. The zero-order chi connectivity index (χ0) is 20.1. The van der Waals surface area contributed by atoms with Gasteiger partial charge in [-0.15, -0.1) is 0 Å². The molecule has 0 bridgehead atoms. The average molecular weight is 408 g/mol. The Morgan fingerprint density at radius 1 is 0.929 bits per heavy atom. The van der Waals surface area contributed by atoms with Gasteiger partial charge in [-0.05, 0) is 35.4 Å². The van der Waals surface area contributed by atoms with Crippen LogP contribution in [0.5, 0.6) is 11.5 Å². The zero-order valence-corrected chi connectivity index (χ0v) is 16.9. The summed E-state index contributed by atoms with van der Waals surface area (Å²) in [6, 6.07) is 11.5. The third kappa shape index (κ3) is 5.01. The first kappa shape index (κ1) is 20.6. The second-order valence-corrected chi connectivity index (χ2v) is 8.72. The van der Waals surface area contributed by atoms with Crippen LogP contribution in [0, 0.1) is 5.82 Å². The Morgan fingerprint density at radius 3 is 2.29 bits per heavy atom. The zero-order valence-electron chi connectivity index (χ0n) is 16.1. The molecule has 28 heavy (non-hydrogen) atoms. The Balaban J connectivity index is 1.58. The highest BCUT2D eigenvalue weighted by atomic mass is 32.2. The van der Waals surface area contributed by atoms with E-state index in [-0.39, 0.29) is 5.75 Å². The molecular formula is C20H25FN2O4S. The lowest BCUT2D eigenvalue weighted by Crippen LogP contribution is -2.48. The quantitative estimate of drug-likeness (QED) is 0.705. The van der Waals surface area contributed by atoms with Gasteiger partial charge in [-0.3, -0.25) is 4.90 Å². The molecule has 3 rings (SSSR count). The molecule has 0 saturated carbocycles. The Kier molecular flexibility index (Phi) is 6.53. The Morgan fingerprint density at radius 2 is 1.64 bits per heavy atom. The predicted octanol–water partition coefficient (Wildman–Crippen LogP) is 2.49. The van der Waals surface area contributed by atoms with Crippen molar-refractivity contribution in [3.05, 3.63) is 59.4 Å². The van der Waals surface area contributed by atoms with Gasteiger partial charge in [-0.1, -0.05) is 18.2 Å². The van der Waals surface area contributed by atoms with Gasteiger partial charge < -0.3 is 9.47 Å². The summed E-state index contributed by atoms with van der Waals surface area (Å²) in [7, 11) is -0.266. The van der Waals surface area contributed by atoms with Crippen LogP contribution in [-0.4, -0.2) is 58.0 Å². The largest absolute Gasteiger partial charge is 0.493 e. The first-order chi connectivity index (χ1) is 13.4. The second kappa shape index (κ2) is 8.89. The van der Waals surface area contributed by atoms with Crippen molar-refractivity contribution in [2.45, 2.75) is 12.3 Å². The third-order valence-corrected chi connectivity index (χ3v) is 6.67. The minimum Gasteiger partial charge on any atom is -0.493 e. The molecule has 1 saturated heterocycles. The molecule has 1 fully saturated rings. The summed E-state index contributed by atoms with van der Waals surface area (Å²) in [5.41, 5.74) is 1.54. The van der Waals surface area contributed by atoms with Crippen LogP contribution in [0.4, 0.5) is 4.39 Å². The van der Waals surface area contributed by atoms with Crippen LogP contribution in [0.1, 0.15) is 11.1 Å². The number of methoxy groups -OCH3 is 2. The molecule has 2 aromatic carbocycles. The van der Waals surface area contributed by atoms with Gasteiger partial charge in [0.25, 0.3) is 0 Å². The summed E-state index contributed by atoms with van der Waals surface area (Å²) < 4.78 is 50.7. The molecule has 0 atom stereocenters. The fourth-order valence-electron chi connectivity index (χ4n) is 3.33. The van der Waals surface area contributed by atoms with Crippen LogP contribution in [0.3, 0.4) is 0 Å². The van der Waals surface area contributed by atoms with E-state index in [0.29, 0.717) is 49.8 Å². The summed E-state index contributed by atoms with van der Waals surface area (Å²) >= 11 is 0. The standard InChI is InChI=1S/C20H25FN2O4S/c1-26-19-7-6-16(13-20(19)27-2)14-22-8-10-23(11-9-22)28(24,25)15-17-4-3-5-18(21)12-17/h3-7,12-13H,8-11,14-15H2,1-2H3. The molecule has 1 aliphatic rings. The smallest absolute Gasteiger partial charge is 0.218 e. The molecular weight excluding hydrogens is 383 g/mol. The van der Waals surface area contributed by atoms with E-state index in [1.807, 2.05) is 18.2 Å². The molecule has 0 aliphatic carbocycles. The topological polar surface area (TPSA) is 59.1 Å². The van der Waals surface area contributed by atoms with Crippen LogP contribution < -0.4 is 9.47 Å². The maximum Gasteiger partial charge on any atom is 0.218 e. The lowest BCUT2D eigenvalue weighted by molar-refractivity contribution is 0.181. The fraction of sp³-hybridized carbons (Fsp3) is 0.400. The molecule has 0 aromatic heterocycles. The first-order valence-corrected chi connectivity index (χ1v) is 10.7. The summed E-state index contributed by atoms with van der Waals surface area (Å²) in [6.45, 7) is 2.82. The van der Waals surface area contributed by atoms with E-state index in [1.165, 1.54) is 22.5 Å². The third-order valence-electron chi connectivity index (χ3n) is 4.82. The van der Waals surface area contributed by atoms with E-state index in [9.17, 15) is 12.8 Å². The van der Waals surface area contributed by atoms with Gasteiger partial charge in [0.2, 0.25) is 10.0 Å². The van der Waals surface area contributed by atoms with Crippen molar-refractivity contribution < 1.29 is 22.3 Å². The molecule has 0 amide bonds. The minimum absolute atomic E-state index is 0.180. The molecule has 0 N–H and O–H groups in total. The van der Waals surface area contributed by atoms with E-state index in [4.69, 9.17) is 9.47 Å². The lowest BCUT2D eigenvalue weighted by atomic mass is 10.1. The summed E-state index contributed by atoms with van der Waals surface area (Å²) in [6.07, 6.45) is 0. The van der Waals surface area contributed by atoms with Gasteiger partial charge in [0.15, 0.2) is 11.5 Å². The van der Waals surface area contributed by atoms with Gasteiger partial charge in [0.05, 0.1) is 20.0 Å². The molecule has 1 aliphatic heterocycles. The van der Waals surface area contributed by atoms with E-state index >= 15 is 0 Å². The molecule has 6 nitrogen and oxygen atoms in total. The molecule has 0 spiro atoms. The number of ether oxygens (including phenoxy) is 2. The highest BCUT2D eigenvalue weighted by Crippen LogP contribution is 2.28. The first-order valence-electron chi connectivity index (χ1n) is 9.07. The van der Waals surface area contributed by atoms with Gasteiger partial charge in [-0.25, -0.2) is 12.8 Å². The number of rotatable bonds is 7. The van der Waals surface area contributed by atoms with Crippen LogP contribution in [0.25, 0.3) is 0 Å². The number of halogens is 1. The van der Waals surface area contributed by atoms with Crippen molar-refractivity contribution in [2.75, 3.05) is 40.4 Å². The van der Waals surface area contributed by atoms with Crippen LogP contribution in [0.15, 0.2) is 42.5 Å². The summed E-state index contributed by atoms with van der Waals surface area (Å²) in [4.78, 5) is 2.20. The number of sulfonamides is 1. The van der Waals surface area contributed by atoms with Crippen LogP contribution in [0.2, 0.25) is 0 Å². The number of piperazine rings is 1. The number of benzene rings is 2. The van der Waals surface area contributed by atoms with Crippen LogP contribution in [-0.2, 0) is 22.3 Å².